The molecule has 156 valence electrons. The van der Waals surface area contributed by atoms with E-state index < -0.39 is 0 Å². The SMILES string of the molecule is Cc1cc2c(cc1-c1c3cc(C(C)C)ccc3cc(C)[n+]1C)C(C)(C)c1ccccc1-2. The first-order valence-corrected chi connectivity index (χ1v) is 11.4. The van der Waals surface area contributed by atoms with Gasteiger partial charge in [0, 0.05) is 18.4 Å². The van der Waals surface area contributed by atoms with E-state index in [1.165, 1.54) is 61.1 Å². The lowest BCUT2D eigenvalue weighted by Gasteiger charge is -2.22. The molecular formula is C30H32N+. The Morgan fingerprint density at radius 1 is 0.774 bits per heavy atom. The Labute approximate surface area is 186 Å². The maximum Gasteiger partial charge on any atom is 0.220 e. The van der Waals surface area contributed by atoms with Crippen LogP contribution in [0.25, 0.3) is 33.2 Å². The van der Waals surface area contributed by atoms with Crippen molar-refractivity contribution in [2.24, 2.45) is 7.05 Å². The van der Waals surface area contributed by atoms with E-state index >= 15 is 0 Å². The third kappa shape index (κ3) is 2.86. The number of benzene rings is 3. The first-order chi connectivity index (χ1) is 14.7. The number of nitrogens with zero attached hydrogens (tertiary/aromatic N) is 1. The van der Waals surface area contributed by atoms with Crippen molar-refractivity contribution in [1.82, 2.24) is 0 Å². The van der Waals surface area contributed by atoms with Gasteiger partial charge in [0.15, 0.2) is 5.69 Å². The molecule has 0 bridgehead atoms. The highest BCUT2D eigenvalue weighted by Gasteiger charge is 2.36. The van der Waals surface area contributed by atoms with Crippen molar-refractivity contribution in [1.29, 1.82) is 0 Å². The standard InChI is InChI=1S/C30H32N/c1-18(2)21-12-13-22-15-20(4)31(7)29(25(22)16-21)24-17-28-26(14-19(24)3)23-10-8-9-11-27(23)30(28,5)6/h8-18H,1-7H3/q+1. The Bertz CT molecular complexity index is 1350. The van der Waals surface area contributed by atoms with Crippen LogP contribution in [0.2, 0.25) is 0 Å². The summed E-state index contributed by atoms with van der Waals surface area (Å²) in [5, 5.41) is 2.66. The van der Waals surface area contributed by atoms with Crippen molar-refractivity contribution in [3.05, 3.63) is 88.6 Å². The fourth-order valence-electron chi connectivity index (χ4n) is 5.38. The lowest BCUT2D eigenvalue weighted by atomic mass is 9.81. The summed E-state index contributed by atoms with van der Waals surface area (Å²) in [6.45, 7) is 13.8. The summed E-state index contributed by atoms with van der Waals surface area (Å²) in [7, 11) is 2.21. The van der Waals surface area contributed by atoms with Gasteiger partial charge in [-0.25, -0.2) is 0 Å². The summed E-state index contributed by atoms with van der Waals surface area (Å²) < 4.78 is 2.37. The molecule has 4 aromatic rings. The minimum Gasteiger partial charge on any atom is -0.198 e. The van der Waals surface area contributed by atoms with Gasteiger partial charge in [0.25, 0.3) is 0 Å². The van der Waals surface area contributed by atoms with Crippen molar-refractivity contribution >= 4 is 10.8 Å². The molecule has 1 heteroatoms. The van der Waals surface area contributed by atoms with Gasteiger partial charge in [-0.15, -0.1) is 0 Å². The highest BCUT2D eigenvalue weighted by atomic mass is 14.9. The molecule has 0 aliphatic heterocycles. The Kier molecular flexibility index (Phi) is 4.38. The Morgan fingerprint density at radius 3 is 2.26 bits per heavy atom. The van der Waals surface area contributed by atoms with Crippen molar-refractivity contribution in [3.63, 3.8) is 0 Å². The third-order valence-corrected chi connectivity index (χ3v) is 7.41. The molecule has 0 spiro atoms. The van der Waals surface area contributed by atoms with Crippen molar-refractivity contribution in [3.8, 4) is 22.4 Å². The molecule has 0 saturated heterocycles. The molecule has 0 fully saturated rings. The van der Waals surface area contributed by atoms with E-state index in [0.717, 1.165) is 0 Å². The van der Waals surface area contributed by atoms with Crippen LogP contribution in [0.4, 0.5) is 0 Å². The van der Waals surface area contributed by atoms with Gasteiger partial charge in [-0.3, -0.25) is 0 Å². The van der Waals surface area contributed by atoms with Crippen LogP contribution in [0.3, 0.4) is 0 Å². The van der Waals surface area contributed by atoms with Crippen LogP contribution < -0.4 is 4.57 Å². The van der Waals surface area contributed by atoms with Crippen LogP contribution in [0.15, 0.2) is 60.7 Å². The van der Waals surface area contributed by atoms with Crippen molar-refractivity contribution in [2.45, 2.75) is 52.9 Å². The van der Waals surface area contributed by atoms with Gasteiger partial charge in [0.2, 0.25) is 5.69 Å². The Morgan fingerprint density at radius 2 is 1.52 bits per heavy atom. The maximum absolute atomic E-state index is 2.47. The van der Waals surface area contributed by atoms with Gasteiger partial charge in [-0.2, -0.15) is 4.57 Å². The predicted octanol–water partition coefficient (Wildman–Crippen LogP) is 7.38. The quantitative estimate of drug-likeness (QED) is 0.306. The molecule has 1 heterocycles. The van der Waals surface area contributed by atoms with Gasteiger partial charge >= 0.3 is 0 Å². The number of fused-ring (bicyclic) bond motifs is 4. The summed E-state index contributed by atoms with van der Waals surface area (Å²) in [6, 6.07) is 23.1. The summed E-state index contributed by atoms with van der Waals surface area (Å²) >= 11 is 0. The molecule has 0 radical (unpaired) electrons. The number of aryl methyl sites for hydroxylation is 2. The second-order valence-corrected chi connectivity index (χ2v) is 10.1. The van der Waals surface area contributed by atoms with E-state index in [2.05, 4.69) is 114 Å². The lowest BCUT2D eigenvalue weighted by molar-refractivity contribution is -0.665. The highest BCUT2D eigenvalue weighted by molar-refractivity contribution is 5.96. The molecule has 5 rings (SSSR count). The van der Waals surface area contributed by atoms with Gasteiger partial charge in [0.05, 0.1) is 10.9 Å². The number of hydrogen-bond donors (Lipinski definition) is 0. The zero-order chi connectivity index (χ0) is 22.1. The molecule has 31 heavy (non-hydrogen) atoms. The van der Waals surface area contributed by atoms with Crippen LogP contribution in [0, 0.1) is 13.8 Å². The highest BCUT2D eigenvalue weighted by Crippen LogP contribution is 2.50. The fourth-order valence-corrected chi connectivity index (χ4v) is 5.38. The fraction of sp³-hybridized carbons (Fsp3) is 0.300. The topological polar surface area (TPSA) is 3.88 Å². The predicted molar refractivity (Wildman–Crippen MR) is 132 cm³/mol. The third-order valence-electron chi connectivity index (χ3n) is 7.41. The van der Waals surface area contributed by atoms with E-state index in [1.807, 2.05) is 0 Å². The molecule has 0 amide bonds. The normalized spacial score (nSPS) is 14.2. The van der Waals surface area contributed by atoms with Gasteiger partial charge in [0.1, 0.15) is 7.05 Å². The first-order valence-electron chi connectivity index (χ1n) is 11.4. The van der Waals surface area contributed by atoms with E-state index in [1.54, 1.807) is 0 Å². The average molecular weight is 407 g/mol. The maximum atomic E-state index is 2.47. The molecular weight excluding hydrogens is 374 g/mol. The molecule has 0 N–H and O–H groups in total. The van der Waals surface area contributed by atoms with Crippen molar-refractivity contribution < 1.29 is 4.57 Å². The number of rotatable bonds is 2. The van der Waals surface area contributed by atoms with E-state index in [0.29, 0.717) is 5.92 Å². The van der Waals surface area contributed by atoms with Crippen LogP contribution in [-0.4, -0.2) is 0 Å². The van der Waals surface area contributed by atoms with Crippen LogP contribution >= 0.6 is 0 Å². The summed E-state index contributed by atoms with van der Waals surface area (Å²) in [4.78, 5) is 0. The molecule has 1 nitrogen and oxygen atoms in total. The lowest BCUT2D eigenvalue weighted by Crippen LogP contribution is -2.35. The van der Waals surface area contributed by atoms with Gasteiger partial charge < -0.3 is 0 Å². The summed E-state index contributed by atoms with van der Waals surface area (Å²) in [6.07, 6.45) is 0. The number of pyridine rings is 1. The minimum absolute atomic E-state index is 0.00959. The molecule has 1 aliphatic rings. The monoisotopic (exact) mass is 406 g/mol. The second-order valence-electron chi connectivity index (χ2n) is 10.1. The number of aromatic nitrogens is 1. The van der Waals surface area contributed by atoms with E-state index in [4.69, 9.17) is 0 Å². The largest absolute Gasteiger partial charge is 0.220 e. The van der Waals surface area contributed by atoms with Crippen LogP contribution in [-0.2, 0) is 12.5 Å². The molecule has 1 aliphatic carbocycles. The smallest absolute Gasteiger partial charge is 0.198 e. The zero-order valence-electron chi connectivity index (χ0n) is 19.8. The first kappa shape index (κ1) is 20.0. The minimum atomic E-state index is 0.00959. The summed E-state index contributed by atoms with van der Waals surface area (Å²) in [5.74, 6) is 0.512. The average Bonchev–Trinajstić information content (AvgIpc) is 2.95. The molecule has 0 atom stereocenters. The number of hydrogen-bond acceptors (Lipinski definition) is 0. The zero-order valence-corrected chi connectivity index (χ0v) is 19.8. The van der Waals surface area contributed by atoms with Crippen molar-refractivity contribution in [2.75, 3.05) is 0 Å². The molecule has 3 aromatic carbocycles. The van der Waals surface area contributed by atoms with E-state index in [9.17, 15) is 0 Å². The second kappa shape index (κ2) is 6.79. The van der Waals surface area contributed by atoms with Gasteiger partial charge in [-0.05, 0) is 63.7 Å². The van der Waals surface area contributed by atoms with Crippen LogP contribution in [0.5, 0.6) is 0 Å². The van der Waals surface area contributed by atoms with E-state index in [-0.39, 0.29) is 5.41 Å². The van der Waals surface area contributed by atoms with Crippen LogP contribution in [0.1, 0.15) is 61.6 Å². The molecule has 0 unspecified atom stereocenters. The summed E-state index contributed by atoms with van der Waals surface area (Å²) in [5.41, 5.74) is 12.3. The van der Waals surface area contributed by atoms with Gasteiger partial charge in [-0.1, -0.05) is 70.2 Å². The molecule has 0 saturated carbocycles. The Hall–Kier alpha value is -2.93. The Balaban J connectivity index is 1.84. The molecule has 1 aromatic heterocycles.